The fourth-order valence-corrected chi connectivity index (χ4v) is 0.901. The number of nitrogens with zero attached hydrogens (tertiary/aromatic N) is 2. The molecule has 6 nitrogen and oxygen atoms in total. The maximum Gasteiger partial charge on any atom is 0.333 e. The number of ether oxygens (including phenoxy) is 1. The zero-order chi connectivity index (χ0) is 11.1. The second-order valence-electron chi connectivity index (χ2n) is 2.69. The second-order valence-corrected chi connectivity index (χ2v) is 2.69. The first-order chi connectivity index (χ1) is 7.22. The molecule has 0 saturated heterocycles. The van der Waals surface area contributed by atoms with Crippen molar-refractivity contribution in [3.05, 3.63) is 18.7 Å². The largest absolute Gasteiger partial charge is 0.466 e. The molecule has 0 radical (unpaired) electrons. The van der Waals surface area contributed by atoms with Gasteiger partial charge < -0.3 is 9.57 Å². The monoisotopic (exact) mass is 212 g/mol. The molecule has 0 unspecified atom stereocenters. The average Bonchev–Trinajstić information content (AvgIpc) is 2.68. The molecule has 1 aromatic heterocycles. The predicted molar refractivity (Wildman–Crippen MR) is 49.7 cm³/mol. The number of hydrogen-bond donors (Lipinski definition) is 0. The van der Waals surface area contributed by atoms with Gasteiger partial charge in [-0.1, -0.05) is 0 Å². The van der Waals surface area contributed by atoms with Gasteiger partial charge in [-0.2, -0.15) is 4.73 Å². The fourth-order valence-electron chi connectivity index (χ4n) is 0.901. The highest BCUT2D eigenvalue weighted by Gasteiger charge is 2.09. The molecule has 1 rings (SSSR count). The highest BCUT2D eigenvalue weighted by Crippen LogP contribution is 1.94. The van der Waals surface area contributed by atoms with Crippen molar-refractivity contribution >= 4 is 11.9 Å². The molecule has 0 amide bonds. The molecule has 0 aliphatic heterocycles. The Kier molecular flexibility index (Phi) is 4.33. The minimum Gasteiger partial charge on any atom is -0.466 e. The van der Waals surface area contributed by atoms with E-state index in [1.807, 2.05) is 0 Å². The van der Waals surface area contributed by atoms with E-state index >= 15 is 0 Å². The molecule has 1 aromatic rings. The molecule has 0 atom stereocenters. The minimum absolute atomic E-state index is 0.00296. The Hall–Kier alpha value is -1.85. The van der Waals surface area contributed by atoms with Crippen LogP contribution in [0.25, 0.3) is 0 Å². The molecule has 15 heavy (non-hydrogen) atoms. The molecule has 1 heterocycles. The normalized spacial score (nSPS) is 9.67. The number of carbonyl (C=O) groups is 2. The number of imidazole rings is 1. The zero-order valence-corrected chi connectivity index (χ0v) is 8.38. The van der Waals surface area contributed by atoms with Gasteiger partial charge in [-0.25, -0.2) is 9.78 Å². The summed E-state index contributed by atoms with van der Waals surface area (Å²) in [6.45, 7) is 2.02. The second kappa shape index (κ2) is 5.79. The van der Waals surface area contributed by atoms with Crippen LogP contribution in [0.5, 0.6) is 0 Å². The van der Waals surface area contributed by atoms with Crippen LogP contribution in [0.4, 0.5) is 0 Å². The Morgan fingerprint density at radius 2 is 2.07 bits per heavy atom. The Balaban J connectivity index is 2.22. The van der Waals surface area contributed by atoms with Crippen molar-refractivity contribution in [2.45, 2.75) is 19.8 Å². The lowest BCUT2D eigenvalue weighted by Crippen LogP contribution is -2.19. The number of esters is 1. The van der Waals surface area contributed by atoms with Gasteiger partial charge in [0.15, 0.2) is 0 Å². The summed E-state index contributed by atoms with van der Waals surface area (Å²) in [5.41, 5.74) is 0. The molecule has 0 aliphatic carbocycles. The van der Waals surface area contributed by atoms with Crippen molar-refractivity contribution < 1.29 is 19.2 Å². The third-order valence-corrected chi connectivity index (χ3v) is 1.53. The van der Waals surface area contributed by atoms with E-state index in [-0.39, 0.29) is 12.8 Å². The summed E-state index contributed by atoms with van der Waals surface area (Å²) < 4.78 is 5.84. The topological polar surface area (TPSA) is 70.4 Å². The third kappa shape index (κ3) is 4.26. The van der Waals surface area contributed by atoms with Crippen LogP contribution in [0.15, 0.2) is 18.7 Å². The van der Waals surface area contributed by atoms with Gasteiger partial charge in [0.1, 0.15) is 6.33 Å². The Labute approximate surface area is 86.8 Å². The van der Waals surface area contributed by atoms with Gasteiger partial charge in [-0.3, -0.25) is 4.79 Å². The molecule has 0 aromatic carbocycles. The lowest BCUT2D eigenvalue weighted by Gasteiger charge is -2.03. The summed E-state index contributed by atoms with van der Waals surface area (Å²) in [6.07, 6.45) is 4.35. The van der Waals surface area contributed by atoms with Gasteiger partial charge in [0.25, 0.3) is 0 Å². The summed E-state index contributed by atoms with van der Waals surface area (Å²) in [5, 5.41) is 0. The van der Waals surface area contributed by atoms with Crippen LogP contribution in [0.1, 0.15) is 19.8 Å². The molecule has 6 heteroatoms. The Bertz CT molecular complexity index is 321. The number of rotatable bonds is 5. The molecule has 0 aliphatic rings. The third-order valence-electron chi connectivity index (χ3n) is 1.53. The minimum atomic E-state index is -0.499. The van der Waals surface area contributed by atoms with Crippen LogP contribution in [0.3, 0.4) is 0 Å². The number of aromatic nitrogens is 2. The van der Waals surface area contributed by atoms with Crippen LogP contribution >= 0.6 is 0 Å². The standard InChI is InChI=1S/C9H12N2O4/c1-2-14-8(12)3-4-9(13)15-11-6-5-10-7-11/h5-7H,2-4H2,1H3. The molecule has 0 spiro atoms. The number of hydrogen-bond acceptors (Lipinski definition) is 5. The van der Waals surface area contributed by atoms with E-state index in [0.29, 0.717) is 6.61 Å². The maximum absolute atomic E-state index is 11.1. The van der Waals surface area contributed by atoms with E-state index in [4.69, 9.17) is 4.84 Å². The van der Waals surface area contributed by atoms with E-state index < -0.39 is 11.9 Å². The van der Waals surface area contributed by atoms with Gasteiger partial charge in [-0.05, 0) is 6.92 Å². The van der Waals surface area contributed by atoms with Crippen molar-refractivity contribution in [1.82, 2.24) is 9.71 Å². The molecular weight excluding hydrogens is 200 g/mol. The van der Waals surface area contributed by atoms with E-state index in [2.05, 4.69) is 9.72 Å². The molecule has 0 N–H and O–H groups in total. The van der Waals surface area contributed by atoms with Crippen molar-refractivity contribution in [3.63, 3.8) is 0 Å². The maximum atomic E-state index is 11.1. The highest BCUT2D eigenvalue weighted by molar-refractivity contribution is 5.77. The van der Waals surface area contributed by atoms with E-state index in [1.54, 1.807) is 6.92 Å². The molecule has 0 saturated carbocycles. The van der Waals surface area contributed by atoms with Gasteiger partial charge in [0, 0.05) is 6.20 Å². The van der Waals surface area contributed by atoms with E-state index in [1.165, 1.54) is 23.5 Å². The summed E-state index contributed by atoms with van der Waals surface area (Å²) in [4.78, 5) is 30.5. The van der Waals surface area contributed by atoms with Crippen LogP contribution < -0.4 is 4.84 Å². The summed E-state index contributed by atoms with van der Waals surface area (Å²) in [7, 11) is 0. The molecular formula is C9H12N2O4. The quantitative estimate of drug-likeness (QED) is 0.651. The average molecular weight is 212 g/mol. The predicted octanol–water partition coefficient (Wildman–Crippen LogP) is 0.182. The lowest BCUT2D eigenvalue weighted by molar-refractivity contribution is -0.150. The van der Waals surface area contributed by atoms with Crippen molar-refractivity contribution in [2.24, 2.45) is 0 Å². The van der Waals surface area contributed by atoms with Crippen molar-refractivity contribution in [2.75, 3.05) is 6.61 Å². The van der Waals surface area contributed by atoms with Gasteiger partial charge in [0.2, 0.25) is 0 Å². The smallest absolute Gasteiger partial charge is 0.333 e. The number of carbonyl (C=O) groups excluding carboxylic acids is 2. The summed E-state index contributed by atoms with van der Waals surface area (Å²) in [6, 6.07) is 0. The van der Waals surface area contributed by atoms with Gasteiger partial charge >= 0.3 is 11.9 Å². The van der Waals surface area contributed by atoms with E-state index in [0.717, 1.165) is 0 Å². The van der Waals surface area contributed by atoms with Crippen molar-refractivity contribution in [1.29, 1.82) is 0 Å². The zero-order valence-electron chi connectivity index (χ0n) is 8.38. The van der Waals surface area contributed by atoms with Crippen molar-refractivity contribution in [3.8, 4) is 0 Å². The SMILES string of the molecule is CCOC(=O)CCC(=O)On1ccnc1. The molecule has 0 bridgehead atoms. The molecule has 82 valence electrons. The Morgan fingerprint density at radius 1 is 1.33 bits per heavy atom. The lowest BCUT2D eigenvalue weighted by atomic mass is 10.3. The summed E-state index contributed by atoms with van der Waals surface area (Å²) >= 11 is 0. The van der Waals surface area contributed by atoms with Crippen LogP contribution in [-0.4, -0.2) is 28.3 Å². The first-order valence-electron chi connectivity index (χ1n) is 4.57. The first kappa shape index (κ1) is 11.2. The van der Waals surface area contributed by atoms with E-state index in [9.17, 15) is 9.59 Å². The first-order valence-corrected chi connectivity index (χ1v) is 4.57. The van der Waals surface area contributed by atoms with Crippen LogP contribution in [0.2, 0.25) is 0 Å². The molecule has 0 fully saturated rings. The highest BCUT2D eigenvalue weighted by atomic mass is 16.7. The van der Waals surface area contributed by atoms with Crippen LogP contribution in [-0.2, 0) is 14.3 Å². The fraction of sp³-hybridized carbons (Fsp3) is 0.444. The van der Waals surface area contributed by atoms with Crippen LogP contribution in [0, 0.1) is 0 Å². The van der Waals surface area contributed by atoms with Gasteiger partial charge in [0.05, 0.1) is 25.6 Å². The Morgan fingerprint density at radius 3 is 2.67 bits per heavy atom. The van der Waals surface area contributed by atoms with Gasteiger partial charge in [-0.15, -0.1) is 0 Å². The summed E-state index contributed by atoms with van der Waals surface area (Å²) in [5.74, 6) is -0.902.